The standard InChI is InChI=1S/C12H25N3O2S/c1-2-13-9-11-5-4-8-15(10-11)18(16,17)14-12-6-3-7-12/h11-14H,2-10H2,1H3. The first kappa shape index (κ1) is 14.2. The molecule has 0 spiro atoms. The molecule has 2 aliphatic rings. The molecule has 2 rings (SSSR count). The Balaban J connectivity index is 1.86. The average molecular weight is 275 g/mol. The molecular formula is C12H25N3O2S. The van der Waals surface area contributed by atoms with E-state index in [1.807, 2.05) is 0 Å². The smallest absolute Gasteiger partial charge is 0.279 e. The summed E-state index contributed by atoms with van der Waals surface area (Å²) in [5.74, 6) is 0.455. The fourth-order valence-electron chi connectivity index (χ4n) is 2.57. The second-order valence-electron chi connectivity index (χ2n) is 5.42. The van der Waals surface area contributed by atoms with Crippen molar-refractivity contribution in [3.05, 3.63) is 0 Å². The van der Waals surface area contributed by atoms with Crippen LogP contribution < -0.4 is 10.0 Å². The van der Waals surface area contributed by atoms with Gasteiger partial charge in [-0.3, -0.25) is 0 Å². The largest absolute Gasteiger partial charge is 0.317 e. The maximum atomic E-state index is 12.2. The maximum Gasteiger partial charge on any atom is 0.279 e. The van der Waals surface area contributed by atoms with Crippen LogP contribution in [0.15, 0.2) is 0 Å². The molecule has 6 heteroatoms. The fourth-order valence-corrected chi connectivity index (χ4v) is 4.15. The maximum absolute atomic E-state index is 12.2. The second kappa shape index (κ2) is 6.32. The van der Waals surface area contributed by atoms with Gasteiger partial charge < -0.3 is 5.32 Å². The molecule has 2 fully saturated rings. The van der Waals surface area contributed by atoms with Gasteiger partial charge in [0.15, 0.2) is 0 Å². The van der Waals surface area contributed by atoms with Gasteiger partial charge in [0.1, 0.15) is 0 Å². The number of piperidine rings is 1. The molecule has 0 aromatic heterocycles. The Hall–Kier alpha value is -0.170. The normalized spacial score (nSPS) is 27.1. The quantitative estimate of drug-likeness (QED) is 0.750. The molecule has 0 radical (unpaired) electrons. The van der Waals surface area contributed by atoms with Crippen molar-refractivity contribution in [2.75, 3.05) is 26.2 Å². The van der Waals surface area contributed by atoms with Crippen molar-refractivity contribution in [1.82, 2.24) is 14.3 Å². The van der Waals surface area contributed by atoms with Crippen molar-refractivity contribution < 1.29 is 8.42 Å². The Morgan fingerprint density at radius 1 is 1.22 bits per heavy atom. The minimum absolute atomic E-state index is 0.184. The molecule has 2 N–H and O–H groups in total. The van der Waals surface area contributed by atoms with Gasteiger partial charge in [0.2, 0.25) is 0 Å². The molecule has 0 bridgehead atoms. The van der Waals surface area contributed by atoms with E-state index in [1.165, 1.54) is 0 Å². The van der Waals surface area contributed by atoms with Gasteiger partial charge >= 0.3 is 0 Å². The Morgan fingerprint density at radius 2 is 2.00 bits per heavy atom. The van der Waals surface area contributed by atoms with Crippen molar-refractivity contribution >= 4 is 10.2 Å². The van der Waals surface area contributed by atoms with Gasteiger partial charge in [0.05, 0.1) is 0 Å². The summed E-state index contributed by atoms with van der Waals surface area (Å²) < 4.78 is 28.9. The lowest BCUT2D eigenvalue weighted by molar-refractivity contribution is 0.254. The Morgan fingerprint density at radius 3 is 2.61 bits per heavy atom. The van der Waals surface area contributed by atoms with Crippen LogP contribution in [-0.2, 0) is 10.2 Å². The van der Waals surface area contributed by atoms with E-state index in [2.05, 4.69) is 17.0 Å². The summed E-state index contributed by atoms with van der Waals surface area (Å²) in [6.07, 6.45) is 5.24. The van der Waals surface area contributed by atoms with Gasteiger partial charge in [-0.15, -0.1) is 0 Å². The number of nitrogens with zero attached hydrogens (tertiary/aromatic N) is 1. The van der Waals surface area contributed by atoms with E-state index in [0.717, 1.165) is 45.2 Å². The highest BCUT2D eigenvalue weighted by Gasteiger charge is 2.31. The molecule has 1 aliphatic carbocycles. The van der Waals surface area contributed by atoms with Crippen LogP contribution in [-0.4, -0.2) is 44.9 Å². The summed E-state index contributed by atoms with van der Waals surface area (Å²) in [6.45, 7) is 5.28. The van der Waals surface area contributed by atoms with Crippen LogP contribution >= 0.6 is 0 Å². The van der Waals surface area contributed by atoms with Gasteiger partial charge in [0, 0.05) is 19.1 Å². The number of hydrogen-bond acceptors (Lipinski definition) is 3. The zero-order valence-electron chi connectivity index (χ0n) is 11.2. The van der Waals surface area contributed by atoms with Crippen LogP contribution in [0, 0.1) is 5.92 Å². The molecule has 1 unspecified atom stereocenters. The molecule has 1 saturated heterocycles. The Labute approximate surface area is 110 Å². The summed E-state index contributed by atoms with van der Waals surface area (Å²) >= 11 is 0. The second-order valence-corrected chi connectivity index (χ2v) is 7.13. The van der Waals surface area contributed by atoms with E-state index < -0.39 is 10.2 Å². The molecular weight excluding hydrogens is 250 g/mol. The predicted molar refractivity (Wildman–Crippen MR) is 72.5 cm³/mol. The Kier molecular flexibility index (Phi) is 5.00. The molecule has 0 amide bonds. The van der Waals surface area contributed by atoms with Crippen LogP contribution in [0.25, 0.3) is 0 Å². The molecule has 1 heterocycles. The highest BCUT2D eigenvalue weighted by atomic mass is 32.2. The zero-order valence-corrected chi connectivity index (χ0v) is 12.0. The molecule has 0 aromatic carbocycles. The fraction of sp³-hybridized carbons (Fsp3) is 1.00. The summed E-state index contributed by atoms with van der Waals surface area (Å²) in [4.78, 5) is 0. The molecule has 1 saturated carbocycles. The van der Waals surface area contributed by atoms with Crippen LogP contribution in [0.4, 0.5) is 0 Å². The molecule has 106 valence electrons. The van der Waals surface area contributed by atoms with E-state index >= 15 is 0 Å². The van der Waals surface area contributed by atoms with E-state index in [1.54, 1.807) is 4.31 Å². The lowest BCUT2D eigenvalue weighted by Gasteiger charge is -2.35. The van der Waals surface area contributed by atoms with Gasteiger partial charge in [-0.25, -0.2) is 0 Å². The van der Waals surface area contributed by atoms with Gasteiger partial charge in [0.25, 0.3) is 10.2 Å². The highest BCUT2D eigenvalue weighted by molar-refractivity contribution is 7.87. The SMILES string of the molecule is CCNCC1CCCN(S(=O)(=O)NC2CCC2)C1. The third-order valence-electron chi connectivity index (χ3n) is 3.93. The minimum atomic E-state index is -3.25. The van der Waals surface area contributed by atoms with E-state index in [-0.39, 0.29) is 6.04 Å². The third-order valence-corrected chi connectivity index (χ3v) is 5.57. The lowest BCUT2D eigenvalue weighted by Crippen LogP contribution is -2.51. The monoisotopic (exact) mass is 275 g/mol. The van der Waals surface area contributed by atoms with Crippen molar-refractivity contribution in [3.63, 3.8) is 0 Å². The molecule has 1 aliphatic heterocycles. The van der Waals surface area contributed by atoms with E-state index in [9.17, 15) is 8.42 Å². The van der Waals surface area contributed by atoms with Crippen LogP contribution in [0.1, 0.15) is 39.0 Å². The van der Waals surface area contributed by atoms with Crippen molar-refractivity contribution in [2.24, 2.45) is 5.92 Å². The Bertz CT molecular complexity index is 354. The first-order valence-electron chi connectivity index (χ1n) is 7.10. The topological polar surface area (TPSA) is 61.4 Å². The summed E-state index contributed by atoms with van der Waals surface area (Å²) in [5.41, 5.74) is 0. The van der Waals surface area contributed by atoms with E-state index in [0.29, 0.717) is 19.0 Å². The van der Waals surface area contributed by atoms with Gasteiger partial charge in [-0.2, -0.15) is 17.4 Å². The number of hydrogen-bond donors (Lipinski definition) is 2. The molecule has 0 aromatic rings. The first-order chi connectivity index (χ1) is 8.62. The van der Waals surface area contributed by atoms with Crippen molar-refractivity contribution in [3.8, 4) is 0 Å². The molecule has 18 heavy (non-hydrogen) atoms. The minimum Gasteiger partial charge on any atom is -0.317 e. The first-order valence-corrected chi connectivity index (χ1v) is 8.54. The van der Waals surface area contributed by atoms with Gasteiger partial charge in [-0.1, -0.05) is 13.3 Å². The van der Waals surface area contributed by atoms with E-state index in [4.69, 9.17) is 0 Å². The highest BCUT2D eigenvalue weighted by Crippen LogP contribution is 2.22. The molecule has 5 nitrogen and oxygen atoms in total. The average Bonchev–Trinajstić information content (AvgIpc) is 2.32. The zero-order chi connectivity index (χ0) is 13.0. The summed E-state index contributed by atoms with van der Waals surface area (Å²) in [5, 5.41) is 3.31. The van der Waals surface area contributed by atoms with Crippen LogP contribution in [0.5, 0.6) is 0 Å². The number of rotatable bonds is 6. The number of nitrogens with one attached hydrogen (secondary N) is 2. The van der Waals surface area contributed by atoms with Crippen molar-refractivity contribution in [1.29, 1.82) is 0 Å². The van der Waals surface area contributed by atoms with Crippen LogP contribution in [0.3, 0.4) is 0 Å². The predicted octanol–water partition coefficient (Wildman–Crippen LogP) is 0.695. The van der Waals surface area contributed by atoms with Gasteiger partial charge in [-0.05, 0) is 44.7 Å². The summed E-state index contributed by atoms with van der Waals surface area (Å²) in [7, 11) is -3.25. The lowest BCUT2D eigenvalue weighted by atomic mass is 9.94. The summed E-state index contributed by atoms with van der Waals surface area (Å²) in [6, 6.07) is 0.184. The van der Waals surface area contributed by atoms with Crippen LogP contribution in [0.2, 0.25) is 0 Å². The van der Waals surface area contributed by atoms with Crippen molar-refractivity contribution in [2.45, 2.75) is 45.1 Å². The third kappa shape index (κ3) is 3.66. The molecule has 1 atom stereocenters.